The Morgan fingerprint density at radius 2 is 2.19 bits per heavy atom. The number of rotatable bonds is 8. The van der Waals surface area contributed by atoms with Crippen molar-refractivity contribution in [1.29, 1.82) is 0 Å². The molecule has 0 bridgehead atoms. The van der Waals surface area contributed by atoms with E-state index in [1.165, 1.54) is 0 Å². The zero-order chi connectivity index (χ0) is 15.1. The van der Waals surface area contributed by atoms with Gasteiger partial charge in [-0.1, -0.05) is 13.8 Å². The molecule has 1 aromatic heterocycles. The fourth-order valence-corrected chi connectivity index (χ4v) is 1.96. The molecule has 21 heavy (non-hydrogen) atoms. The summed E-state index contributed by atoms with van der Waals surface area (Å²) in [6.45, 7) is 6.40. The van der Waals surface area contributed by atoms with Crippen molar-refractivity contribution in [2.24, 2.45) is 0 Å². The van der Waals surface area contributed by atoms with Crippen LogP contribution in [0.1, 0.15) is 19.4 Å². The predicted octanol–water partition coefficient (Wildman–Crippen LogP) is 2.47. The molecule has 0 saturated carbocycles. The molecule has 0 fully saturated rings. The van der Waals surface area contributed by atoms with Gasteiger partial charge < -0.3 is 19.4 Å². The van der Waals surface area contributed by atoms with Crippen LogP contribution in [0.25, 0.3) is 0 Å². The number of nitrogens with one attached hydrogen (secondary N) is 1. The Kier molecular flexibility index (Phi) is 5.63. The third-order valence-electron chi connectivity index (χ3n) is 3.13. The molecule has 0 amide bonds. The minimum absolute atomic E-state index is 0.426. The fraction of sp³-hybridized carbons (Fsp3) is 0.438. The number of nitrogens with zero attached hydrogens (tertiary/aromatic N) is 2. The maximum absolute atomic E-state index is 5.90. The second kappa shape index (κ2) is 7.69. The number of hydrogen-bond acceptors (Lipinski definition) is 4. The normalized spacial score (nSPS) is 10.9. The summed E-state index contributed by atoms with van der Waals surface area (Å²) in [6, 6.07) is 6.33. The van der Waals surface area contributed by atoms with Gasteiger partial charge in [0.15, 0.2) is 0 Å². The number of hydrogen-bond donors (Lipinski definition) is 1. The third kappa shape index (κ3) is 4.79. The Balaban J connectivity index is 1.98. The highest BCUT2D eigenvalue weighted by Crippen LogP contribution is 2.24. The SMILES string of the molecule is COc1ccc(OCCn2ccnc2)c(CNC(C)C)c1. The largest absolute Gasteiger partial charge is 0.497 e. The van der Waals surface area contributed by atoms with Gasteiger partial charge in [-0.15, -0.1) is 0 Å². The average Bonchev–Trinajstić information content (AvgIpc) is 2.99. The molecule has 2 aromatic rings. The van der Waals surface area contributed by atoms with E-state index < -0.39 is 0 Å². The van der Waals surface area contributed by atoms with Crippen molar-refractivity contribution in [3.8, 4) is 11.5 Å². The van der Waals surface area contributed by atoms with Crippen molar-refractivity contribution in [2.75, 3.05) is 13.7 Å². The molecule has 114 valence electrons. The van der Waals surface area contributed by atoms with Gasteiger partial charge in [-0.05, 0) is 18.2 Å². The monoisotopic (exact) mass is 289 g/mol. The van der Waals surface area contributed by atoms with E-state index in [0.29, 0.717) is 12.6 Å². The molecular formula is C16H23N3O2. The Labute approximate surface area is 125 Å². The van der Waals surface area contributed by atoms with Crippen LogP contribution < -0.4 is 14.8 Å². The van der Waals surface area contributed by atoms with Gasteiger partial charge in [0.1, 0.15) is 18.1 Å². The number of methoxy groups -OCH3 is 1. The summed E-state index contributed by atoms with van der Waals surface area (Å²) in [7, 11) is 1.68. The summed E-state index contributed by atoms with van der Waals surface area (Å²) in [5.41, 5.74) is 1.11. The first-order valence-electron chi connectivity index (χ1n) is 7.18. The molecule has 0 atom stereocenters. The van der Waals surface area contributed by atoms with Crippen LogP contribution >= 0.6 is 0 Å². The maximum Gasteiger partial charge on any atom is 0.124 e. The highest BCUT2D eigenvalue weighted by atomic mass is 16.5. The zero-order valence-corrected chi connectivity index (χ0v) is 12.9. The van der Waals surface area contributed by atoms with Crippen molar-refractivity contribution in [1.82, 2.24) is 14.9 Å². The van der Waals surface area contributed by atoms with Crippen LogP contribution in [0.15, 0.2) is 36.9 Å². The van der Waals surface area contributed by atoms with Crippen LogP contribution in [0.4, 0.5) is 0 Å². The average molecular weight is 289 g/mol. The Bertz CT molecular complexity index is 538. The molecule has 0 aliphatic rings. The van der Waals surface area contributed by atoms with Gasteiger partial charge in [0.05, 0.1) is 20.0 Å². The van der Waals surface area contributed by atoms with Gasteiger partial charge in [-0.2, -0.15) is 0 Å². The standard InChI is InChI=1S/C16H23N3O2/c1-13(2)18-11-14-10-15(20-3)4-5-16(14)21-9-8-19-7-6-17-12-19/h4-7,10,12-13,18H,8-9,11H2,1-3H3. The van der Waals surface area contributed by atoms with Crippen LogP contribution in [-0.4, -0.2) is 29.3 Å². The van der Waals surface area contributed by atoms with E-state index in [0.717, 1.165) is 30.2 Å². The number of ether oxygens (including phenoxy) is 2. The molecule has 1 N–H and O–H groups in total. The lowest BCUT2D eigenvalue weighted by Gasteiger charge is -2.15. The Hall–Kier alpha value is -2.01. The van der Waals surface area contributed by atoms with E-state index in [-0.39, 0.29) is 0 Å². The van der Waals surface area contributed by atoms with Crippen molar-refractivity contribution in [2.45, 2.75) is 33.0 Å². The van der Waals surface area contributed by atoms with E-state index in [1.807, 2.05) is 29.0 Å². The van der Waals surface area contributed by atoms with Crippen molar-refractivity contribution < 1.29 is 9.47 Å². The van der Waals surface area contributed by atoms with E-state index in [9.17, 15) is 0 Å². The predicted molar refractivity (Wildman–Crippen MR) is 82.7 cm³/mol. The molecule has 0 unspecified atom stereocenters. The first-order valence-corrected chi connectivity index (χ1v) is 7.18. The molecule has 0 radical (unpaired) electrons. The molecule has 0 saturated heterocycles. The third-order valence-corrected chi connectivity index (χ3v) is 3.13. The highest BCUT2D eigenvalue weighted by molar-refractivity contribution is 5.40. The summed E-state index contributed by atoms with van der Waals surface area (Å²) in [5, 5.41) is 3.41. The van der Waals surface area contributed by atoms with Gasteiger partial charge in [0, 0.05) is 30.5 Å². The van der Waals surface area contributed by atoms with Gasteiger partial charge >= 0.3 is 0 Å². The van der Waals surface area contributed by atoms with Crippen molar-refractivity contribution in [3.05, 3.63) is 42.5 Å². The fourth-order valence-electron chi connectivity index (χ4n) is 1.96. The molecular weight excluding hydrogens is 266 g/mol. The smallest absolute Gasteiger partial charge is 0.124 e. The van der Waals surface area contributed by atoms with E-state index in [2.05, 4.69) is 24.1 Å². The molecule has 0 aliphatic carbocycles. The van der Waals surface area contributed by atoms with Crippen LogP contribution in [0.2, 0.25) is 0 Å². The highest BCUT2D eigenvalue weighted by Gasteiger charge is 2.07. The number of imidazole rings is 1. The second-order valence-corrected chi connectivity index (χ2v) is 5.16. The molecule has 0 aliphatic heterocycles. The van der Waals surface area contributed by atoms with Crippen molar-refractivity contribution >= 4 is 0 Å². The first kappa shape index (κ1) is 15.4. The van der Waals surface area contributed by atoms with Crippen LogP contribution in [-0.2, 0) is 13.1 Å². The lowest BCUT2D eigenvalue weighted by molar-refractivity contribution is 0.293. The Morgan fingerprint density at radius 3 is 2.86 bits per heavy atom. The zero-order valence-electron chi connectivity index (χ0n) is 12.9. The van der Waals surface area contributed by atoms with Gasteiger partial charge in [-0.25, -0.2) is 4.98 Å². The maximum atomic E-state index is 5.90. The number of benzene rings is 1. The van der Waals surface area contributed by atoms with E-state index in [4.69, 9.17) is 9.47 Å². The van der Waals surface area contributed by atoms with Gasteiger partial charge in [-0.3, -0.25) is 0 Å². The minimum Gasteiger partial charge on any atom is -0.497 e. The minimum atomic E-state index is 0.426. The Morgan fingerprint density at radius 1 is 1.33 bits per heavy atom. The molecule has 5 heteroatoms. The van der Waals surface area contributed by atoms with E-state index in [1.54, 1.807) is 19.6 Å². The molecule has 1 aromatic carbocycles. The first-order chi connectivity index (χ1) is 10.2. The van der Waals surface area contributed by atoms with Crippen LogP contribution in [0, 0.1) is 0 Å². The molecule has 2 rings (SSSR count). The van der Waals surface area contributed by atoms with Gasteiger partial charge in [0.2, 0.25) is 0 Å². The van der Waals surface area contributed by atoms with Crippen molar-refractivity contribution in [3.63, 3.8) is 0 Å². The van der Waals surface area contributed by atoms with Crippen LogP contribution in [0.5, 0.6) is 11.5 Å². The summed E-state index contributed by atoms with van der Waals surface area (Å²) in [5.74, 6) is 1.74. The summed E-state index contributed by atoms with van der Waals surface area (Å²) in [4.78, 5) is 4.02. The summed E-state index contributed by atoms with van der Waals surface area (Å²) < 4.78 is 13.2. The quantitative estimate of drug-likeness (QED) is 0.811. The summed E-state index contributed by atoms with van der Waals surface area (Å²) >= 11 is 0. The summed E-state index contributed by atoms with van der Waals surface area (Å²) in [6.07, 6.45) is 5.49. The molecule has 5 nitrogen and oxygen atoms in total. The number of aromatic nitrogens is 2. The lowest BCUT2D eigenvalue weighted by atomic mass is 10.1. The van der Waals surface area contributed by atoms with E-state index >= 15 is 0 Å². The topological polar surface area (TPSA) is 48.3 Å². The lowest BCUT2D eigenvalue weighted by Crippen LogP contribution is -2.22. The van der Waals surface area contributed by atoms with Gasteiger partial charge in [0.25, 0.3) is 0 Å². The molecule has 1 heterocycles. The van der Waals surface area contributed by atoms with Crippen LogP contribution in [0.3, 0.4) is 0 Å². The second-order valence-electron chi connectivity index (χ2n) is 5.16. The molecule has 0 spiro atoms.